The highest BCUT2D eigenvalue weighted by Gasteiger charge is 2.37. The van der Waals surface area contributed by atoms with E-state index >= 15 is 0 Å². The van der Waals surface area contributed by atoms with Crippen molar-refractivity contribution in [1.29, 1.82) is 0 Å². The molecule has 0 spiro atoms. The van der Waals surface area contributed by atoms with Gasteiger partial charge in [-0.15, -0.1) is 0 Å². The molecule has 2 aromatic rings. The summed E-state index contributed by atoms with van der Waals surface area (Å²) in [5, 5.41) is 18.2. The van der Waals surface area contributed by atoms with Crippen molar-refractivity contribution in [2.75, 3.05) is 6.61 Å². The first kappa shape index (κ1) is 16.8. The zero-order valence-corrected chi connectivity index (χ0v) is 15.4. The van der Waals surface area contributed by atoms with Crippen LogP contribution >= 0.6 is 0 Å². The summed E-state index contributed by atoms with van der Waals surface area (Å²) in [6.07, 6.45) is 12.4. The van der Waals surface area contributed by atoms with Gasteiger partial charge in [0.2, 0.25) is 0 Å². The van der Waals surface area contributed by atoms with Gasteiger partial charge in [-0.05, 0) is 37.0 Å². The van der Waals surface area contributed by atoms with E-state index in [-0.39, 0.29) is 6.61 Å². The number of aromatic nitrogens is 5. The fourth-order valence-electron chi connectivity index (χ4n) is 4.67. The normalized spacial score (nSPS) is 20.9. The van der Waals surface area contributed by atoms with Gasteiger partial charge < -0.3 is 5.11 Å². The first-order chi connectivity index (χ1) is 12.0. The van der Waals surface area contributed by atoms with E-state index in [0.717, 1.165) is 29.6 Å². The van der Waals surface area contributed by atoms with Crippen LogP contribution < -0.4 is 0 Å². The molecule has 0 radical (unpaired) electrons. The lowest BCUT2D eigenvalue weighted by molar-refractivity contribution is 0.0940. The molecule has 0 aliphatic heterocycles. The summed E-state index contributed by atoms with van der Waals surface area (Å²) in [6, 6.07) is 0.511. The number of rotatable bonds is 6. The summed E-state index contributed by atoms with van der Waals surface area (Å²) >= 11 is 0. The molecule has 6 nitrogen and oxygen atoms in total. The van der Waals surface area contributed by atoms with Crippen LogP contribution in [-0.4, -0.2) is 36.3 Å². The molecule has 0 bridgehead atoms. The van der Waals surface area contributed by atoms with E-state index in [1.165, 1.54) is 38.5 Å². The van der Waals surface area contributed by atoms with Gasteiger partial charge in [-0.1, -0.05) is 26.7 Å². The third-order valence-electron chi connectivity index (χ3n) is 5.75. The Bertz CT molecular complexity index is 718. The summed E-state index contributed by atoms with van der Waals surface area (Å²) in [5.41, 5.74) is 1.44. The molecule has 2 saturated carbocycles. The highest BCUT2D eigenvalue weighted by atomic mass is 16.3. The average Bonchev–Trinajstić information content (AvgIpc) is 3.25. The molecule has 4 rings (SSSR count). The Labute approximate surface area is 149 Å². The summed E-state index contributed by atoms with van der Waals surface area (Å²) in [4.78, 5) is 4.90. The molecule has 2 fully saturated rings. The Morgan fingerprint density at radius 1 is 1.24 bits per heavy atom. The molecule has 6 heteroatoms. The third kappa shape index (κ3) is 3.50. The Hall–Kier alpha value is -1.69. The lowest BCUT2D eigenvalue weighted by Crippen LogP contribution is -2.33. The zero-order valence-electron chi connectivity index (χ0n) is 15.4. The number of hydrogen-bond donors (Lipinski definition) is 1. The van der Waals surface area contributed by atoms with E-state index in [0.29, 0.717) is 18.0 Å². The number of nitrogens with zero attached hydrogens (tertiary/aromatic N) is 5. The van der Waals surface area contributed by atoms with Crippen LogP contribution in [0.2, 0.25) is 0 Å². The molecule has 2 aromatic heterocycles. The molecule has 0 amide bonds. The van der Waals surface area contributed by atoms with Crippen LogP contribution in [0.4, 0.5) is 0 Å². The second-order valence-corrected chi connectivity index (χ2v) is 8.59. The molecule has 2 heterocycles. The summed E-state index contributed by atoms with van der Waals surface area (Å²) in [7, 11) is 0. The van der Waals surface area contributed by atoms with Crippen molar-refractivity contribution in [1.82, 2.24) is 24.5 Å². The second-order valence-electron chi connectivity index (χ2n) is 8.59. The van der Waals surface area contributed by atoms with E-state index in [9.17, 15) is 0 Å². The van der Waals surface area contributed by atoms with Crippen LogP contribution in [-0.2, 0) is 13.0 Å². The van der Waals surface area contributed by atoms with Gasteiger partial charge in [0.15, 0.2) is 5.82 Å². The van der Waals surface area contributed by atoms with Crippen molar-refractivity contribution < 1.29 is 5.11 Å². The van der Waals surface area contributed by atoms with Crippen LogP contribution in [0.3, 0.4) is 0 Å². The summed E-state index contributed by atoms with van der Waals surface area (Å²) < 4.78 is 3.97. The minimum Gasteiger partial charge on any atom is -0.394 e. The van der Waals surface area contributed by atoms with Gasteiger partial charge in [-0.3, -0.25) is 4.68 Å². The van der Waals surface area contributed by atoms with Gasteiger partial charge in [-0.25, -0.2) is 9.67 Å². The van der Waals surface area contributed by atoms with Gasteiger partial charge in [-0.2, -0.15) is 10.2 Å². The van der Waals surface area contributed by atoms with Crippen LogP contribution in [0.25, 0.3) is 11.4 Å². The predicted octanol–water partition coefficient (Wildman–Crippen LogP) is 3.23. The standard InChI is InChI=1S/C19H29N5O/c1-19(2)10-14(11-19)9-17-21-18(15-12-20-23(13-15)7-8-25)22-24(17)16-5-3-4-6-16/h12-14,16,25H,3-11H2,1-2H3. The summed E-state index contributed by atoms with van der Waals surface area (Å²) in [6.45, 7) is 5.31. The van der Waals surface area contributed by atoms with Gasteiger partial charge >= 0.3 is 0 Å². The van der Waals surface area contributed by atoms with Gasteiger partial charge in [0, 0.05) is 12.6 Å². The number of aliphatic hydroxyl groups is 1. The van der Waals surface area contributed by atoms with E-state index in [4.69, 9.17) is 15.2 Å². The van der Waals surface area contributed by atoms with Crippen molar-refractivity contribution in [3.8, 4) is 11.4 Å². The molecule has 0 aromatic carbocycles. The Morgan fingerprint density at radius 2 is 2.00 bits per heavy atom. The zero-order chi connectivity index (χ0) is 17.4. The lowest BCUT2D eigenvalue weighted by atomic mass is 9.63. The Balaban J connectivity index is 1.58. The summed E-state index contributed by atoms with van der Waals surface area (Å²) in [5.74, 6) is 2.67. The van der Waals surface area contributed by atoms with Gasteiger partial charge in [0.1, 0.15) is 5.82 Å². The Morgan fingerprint density at radius 3 is 2.68 bits per heavy atom. The molecule has 2 aliphatic rings. The van der Waals surface area contributed by atoms with Crippen LogP contribution in [0, 0.1) is 11.3 Å². The molecule has 0 saturated heterocycles. The fourth-order valence-corrected chi connectivity index (χ4v) is 4.67. The van der Waals surface area contributed by atoms with Crippen molar-refractivity contribution in [2.24, 2.45) is 11.3 Å². The number of hydrogen-bond acceptors (Lipinski definition) is 4. The molecule has 2 aliphatic carbocycles. The van der Waals surface area contributed by atoms with Crippen LogP contribution in [0.5, 0.6) is 0 Å². The fraction of sp³-hybridized carbons (Fsp3) is 0.737. The first-order valence-corrected chi connectivity index (χ1v) is 9.63. The van der Waals surface area contributed by atoms with Gasteiger partial charge in [0.05, 0.1) is 31.0 Å². The smallest absolute Gasteiger partial charge is 0.184 e. The third-order valence-corrected chi connectivity index (χ3v) is 5.75. The predicted molar refractivity (Wildman–Crippen MR) is 96.0 cm³/mol. The largest absolute Gasteiger partial charge is 0.394 e. The van der Waals surface area contributed by atoms with Crippen molar-refractivity contribution in [3.05, 3.63) is 18.2 Å². The molecular weight excluding hydrogens is 314 g/mol. The van der Waals surface area contributed by atoms with E-state index in [2.05, 4.69) is 23.6 Å². The first-order valence-electron chi connectivity index (χ1n) is 9.63. The SMILES string of the molecule is CC1(C)CC(Cc2nc(-c3cnn(CCO)c3)nn2C2CCCC2)C1. The minimum absolute atomic E-state index is 0.0911. The molecule has 136 valence electrons. The quantitative estimate of drug-likeness (QED) is 0.874. The van der Waals surface area contributed by atoms with E-state index < -0.39 is 0 Å². The minimum atomic E-state index is 0.0911. The topological polar surface area (TPSA) is 68.8 Å². The lowest BCUT2D eigenvalue weighted by Gasteiger charge is -2.42. The van der Waals surface area contributed by atoms with E-state index in [1.54, 1.807) is 10.9 Å². The number of aliphatic hydroxyl groups excluding tert-OH is 1. The maximum atomic E-state index is 9.07. The molecule has 25 heavy (non-hydrogen) atoms. The van der Waals surface area contributed by atoms with Crippen molar-refractivity contribution >= 4 is 0 Å². The molecular formula is C19H29N5O. The molecule has 1 N–H and O–H groups in total. The van der Waals surface area contributed by atoms with Crippen LogP contribution in [0.1, 0.15) is 64.2 Å². The molecule has 0 atom stereocenters. The van der Waals surface area contributed by atoms with E-state index in [1.807, 2.05) is 6.20 Å². The average molecular weight is 343 g/mol. The molecule has 0 unspecified atom stereocenters. The maximum absolute atomic E-state index is 9.07. The van der Waals surface area contributed by atoms with Crippen molar-refractivity contribution in [2.45, 2.75) is 71.4 Å². The Kier molecular flexibility index (Phi) is 4.40. The highest BCUT2D eigenvalue weighted by Crippen LogP contribution is 2.46. The maximum Gasteiger partial charge on any atom is 0.184 e. The van der Waals surface area contributed by atoms with Crippen LogP contribution in [0.15, 0.2) is 12.4 Å². The highest BCUT2D eigenvalue weighted by molar-refractivity contribution is 5.51. The van der Waals surface area contributed by atoms with Crippen molar-refractivity contribution in [3.63, 3.8) is 0 Å². The second kappa shape index (κ2) is 6.56. The van der Waals surface area contributed by atoms with Gasteiger partial charge in [0.25, 0.3) is 0 Å². The monoisotopic (exact) mass is 343 g/mol.